The zero-order valence-corrected chi connectivity index (χ0v) is 15.5. The first-order valence-corrected chi connectivity index (χ1v) is 9.39. The highest BCUT2D eigenvalue weighted by atomic mass is 16.5. The van der Waals surface area contributed by atoms with Crippen LogP contribution in [0.4, 0.5) is 0 Å². The van der Waals surface area contributed by atoms with Crippen LogP contribution in [0.25, 0.3) is 11.1 Å². The number of carbonyl (C=O) groups is 2. The van der Waals surface area contributed by atoms with Crippen LogP contribution < -0.4 is 5.32 Å². The second-order valence-corrected chi connectivity index (χ2v) is 7.14. The minimum absolute atomic E-state index is 0.176. The van der Waals surface area contributed by atoms with E-state index in [0.717, 1.165) is 30.4 Å². The maximum atomic E-state index is 12.2. The molecule has 2 aromatic carbocycles. The van der Waals surface area contributed by atoms with Gasteiger partial charge in [0.2, 0.25) is 0 Å². The van der Waals surface area contributed by atoms with Gasteiger partial charge >= 0.3 is 5.97 Å². The fourth-order valence-corrected chi connectivity index (χ4v) is 3.45. The van der Waals surface area contributed by atoms with Gasteiger partial charge in [-0.2, -0.15) is 0 Å². The lowest BCUT2D eigenvalue weighted by Crippen LogP contribution is -2.42. The van der Waals surface area contributed by atoms with Crippen LogP contribution in [-0.4, -0.2) is 29.6 Å². The van der Waals surface area contributed by atoms with Crippen molar-refractivity contribution in [3.05, 3.63) is 54.1 Å². The molecule has 0 spiro atoms. The number of esters is 1. The maximum Gasteiger partial charge on any atom is 0.338 e. The van der Waals surface area contributed by atoms with E-state index >= 15 is 0 Å². The molecule has 1 saturated carbocycles. The molecule has 1 fully saturated rings. The summed E-state index contributed by atoms with van der Waals surface area (Å²) in [5.74, 6) is -0.0902. The number of hydrogen-bond donors (Lipinski definition) is 2. The van der Waals surface area contributed by atoms with E-state index in [9.17, 15) is 14.7 Å². The first-order valence-electron chi connectivity index (χ1n) is 9.39. The molecule has 142 valence electrons. The fraction of sp³-hybridized carbons (Fsp3) is 0.364. The Kier molecular flexibility index (Phi) is 6.12. The maximum absolute atomic E-state index is 12.2. The average molecular weight is 367 g/mol. The van der Waals surface area contributed by atoms with Crippen molar-refractivity contribution in [1.29, 1.82) is 0 Å². The Morgan fingerprint density at radius 1 is 1.00 bits per heavy atom. The van der Waals surface area contributed by atoms with Crippen molar-refractivity contribution in [3.63, 3.8) is 0 Å². The molecule has 0 bridgehead atoms. The molecule has 2 atom stereocenters. The molecular weight excluding hydrogens is 342 g/mol. The van der Waals surface area contributed by atoms with E-state index in [2.05, 4.69) is 12.2 Å². The topological polar surface area (TPSA) is 75.6 Å². The van der Waals surface area contributed by atoms with Crippen molar-refractivity contribution in [1.82, 2.24) is 5.32 Å². The van der Waals surface area contributed by atoms with Crippen LogP contribution in [0, 0.1) is 5.92 Å². The Hall–Kier alpha value is -2.82. The van der Waals surface area contributed by atoms with E-state index in [1.807, 2.05) is 12.1 Å². The van der Waals surface area contributed by atoms with Gasteiger partial charge in [0.15, 0.2) is 6.61 Å². The van der Waals surface area contributed by atoms with Gasteiger partial charge in [-0.15, -0.1) is 0 Å². The van der Waals surface area contributed by atoms with Gasteiger partial charge in [0, 0.05) is 6.04 Å². The Morgan fingerprint density at radius 3 is 2.22 bits per heavy atom. The summed E-state index contributed by atoms with van der Waals surface area (Å²) in [6, 6.07) is 14.0. The summed E-state index contributed by atoms with van der Waals surface area (Å²) < 4.78 is 5.14. The molecule has 0 aliphatic heterocycles. The highest BCUT2D eigenvalue weighted by Gasteiger charge is 2.23. The lowest BCUT2D eigenvalue weighted by atomic mass is 9.86. The predicted octanol–water partition coefficient (Wildman–Crippen LogP) is 3.91. The number of phenolic OH excluding ortho intramolecular Hbond substituents is 1. The Labute approximate surface area is 159 Å². The smallest absolute Gasteiger partial charge is 0.338 e. The van der Waals surface area contributed by atoms with Crippen molar-refractivity contribution in [2.45, 2.75) is 38.6 Å². The van der Waals surface area contributed by atoms with Gasteiger partial charge in [0.25, 0.3) is 5.91 Å². The highest BCUT2D eigenvalue weighted by Crippen LogP contribution is 2.24. The minimum atomic E-state index is -0.515. The predicted molar refractivity (Wildman–Crippen MR) is 103 cm³/mol. The zero-order chi connectivity index (χ0) is 19.2. The average Bonchev–Trinajstić information content (AvgIpc) is 2.69. The summed E-state index contributed by atoms with van der Waals surface area (Å²) in [5.41, 5.74) is 2.26. The molecule has 0 heterocycles. The van der Waals surface area contributed by atoms with Crippen LogP contribution in [0.15, 0.2) is 48.5 Å². The van der Waals surface area contributed by atoms with Crippen LogP contribution in [-0.2, 0) is 9.53 Å². The van der Waals surface area contributed by atoms with E-state index in [1.165, 1.54) is 6.42 Å². The summed E-state index contributed by atoms with van der Waals surface area (Å²) in [6.07, 6.45) is 4.45. The van der Waals surface area contributed by atoms with Crippen LogP contribution in [0.1, 0.15) is 43.0 Å². The van der Waals surface area contributed by atoms with Gasteiger partial charge in [-0.25, -0.2) is 4.79 Å². The van der Waals surface area contributed by atoms with Crippen LogP contribution in [0.5, 0.6) is 5.75 Å². The van der Waals surface area contributed by atoms with E-state index < -0.39 is 5.97 Å². The molecule has 0 radical (unpaired) electrons. The summed E-state index contributed by atoms with van der Waals surface area (Å²) in [5, 5.41) is 12.3. The minimum Gasteiger partial charge on any atom is -0.508 e. The van der Waals surface area contributed by atoms with Crippen molar-refractivity contribution < 1.29 is 19.4 Å². The lowest BCUT2D eigenvalue weighted by molar-refractivity contribution is -0.125. The van der Waals surface area contributed by atoms with Crippen molar-refractivity contribution >= 4 is 11.9 Å². The standard InChI is InChI=1S/C22H25NO4/c1-15-4-2-3-5-20(15)23-21(25)14-27-22(26)18-8-6-16(7-9-18)17-10-12-19(24)13-11-17/h6-13,15,20,24H,2-5,14H2,1H3,(H,23,25)/t15-,20+/m1/s1. The van der Waals surface area contributed by atoms with Gasteiger partial charge in [0.05, 0.1) is 5.56 Å². The van der Waals surface area contributed by atoms with Crippen molar-refractivity contribution in [3.8, 4) is 16.9 Å². The normalized spacial score (nSPS) is 19.3. The third kappa shape index (κ3) is 5.09. The third-order valence-corrected chi connectivity index (χ3v) is 5.11. The Bertz CT molecular complexity index is 783. The molecule has 3 rings (SSSR count). The second-order valence-electron chi connectivity index (χ2n) is 7.14. The summed E-state index contributed by atoms with van der Waals surface area (Å²) in [7, 11) is 0. The molecule has 2 aromatic rings. The van der Waals surface area contributed by atoms with Gasteiger partial charge in [-0.1, -0.05) is 44.0 Å². The number of nitrogens with one attached hydrogen (secondary N) is 1. The van der Waals surface area contributed by atoms with Crippen LogP contribution in [0.2, 0.25) is 0 Å². The molecule has 0 unspecified atom stereocenters. The number of ether oxygens (including phenoxy) is 1. The summed E-state index contributed by atoms with van der Waals surface area (Å²) >= 11 is 0. The summed E-state index contributed by atoms with van der Waals surface area (Å²) in [4.78, 5) is 24.2. The number of aromatic hydroxyl groups is 1. The molecule has 0 aromatic heterocycles. The first kappa shape index (κ1) is 19.0. The molecule has 5 heteroatoms. The SMILES string of the molecule is C[C@@H]1CCCC[C@@H]1NC(=O)COC(=O)c1ccc(-c2ccc(O)cc2)cc1. The van der Waals surface area contributed by atoms with E-state index in [4.69, 9.17) is 4.74 Å². The Balaban J connectivity index is 1.52. The largest absolute Gasteiger partial charge is 0.508 e. The van der Waals surface area contributed by atoms with Crippen LogP contribution >= 0.6 is 0 Å². The van der Waals surface area contributed by atoms with E-state index in [-0.39, 0.29) is 24.3 Å². The van der Waals surface area contributed by atoms with Gasteiger partial charge in [-0.05, 0) is 54.2 Å². The zero-order valence-electron chi connectivity index (χ0n) is 15.5. The van der Waals surface area contributed by atoms with Gasteiger partial charge in [-0.3, -0.25) is 4.79 Å². The first-order chi connectivity index (χ1) is 13.0. The molecule has 0 saturated heterocycles. The van der Waals surface area contributed by atoms with E-state index in [1.54, 1.807) is 36.4 Å². The molecule has 1 amide bonds. The number of amides is 1. The lowest BCUT2D eigenvalue weighted by Gasteiger charge is -2.29. The molecule has 1 aliphatic rings. The van der Waals surface area contributed by atoms with Crippen molar-refractivity contribution in [2.75, 3.05) is 6.61 Å². The number of rotatable bonds is 5. The van der Waals surface area contributed by atoms with Crippen molar-refractivity contribution in [2.24, 2.45) is 5.92 Å². The molecule has 2 N–H and O–H groups in total. The van der Waals surface area contributed by atoms with E-state index in [0.29, 0.717) is 11.5 Å². The molecule has 27 heavy (non-hydrogen) atoms. The summed E-state index contributed by atoms with van der Waals surface area (Å²) in [6.45, 7) is 1.88. The van der Waals surface area contributed by atoms with Crippen LogP contribution in [0.3, 0.4) is 0 Å². The number of phenols is 1. The highest BCUT2D eigenvalue weighted by molar-refractivity contribution is 5.91. The molecule has 1 aliphatic carbocycles. The fourth-order valence-electron chi connectivity index (χ4n) is 3.45. The second kappa shape index (κ2) is 8.71. The molecular formula is C22H25NO4. The number of hydrogen-bond acceptors (Lipinski definition) is 4. The van der Waals surface area contributed by atoms with Gasteiger partial charge < -0.3 is 15.2 Å². The molecule has 5 nitrogen and oxygen atoms in total. The Morgan fingerprint density at radius 2 is 1.59 bits per heavy atom. The monoisotopic (exact) mass is 367 g/mol. The quantitative estimate of drug-likeness (QED) is 0.786. The number of carbonyl (C=O) groups excluding carboxylic acids is 2. The third-order valence-electron chi connectivity index (χ3n) is 5.11. The van der Waals surface area contributed by atoms with Gasteiger partial charge in [0.1, 0.15) is 5.75 Å². The number of benzene rings is 2.